The molecular formula is C16H26BrNO. The summed E-state index contributed by atoms with van der Waals surface area (Å²) in [7, 11) is 0. The van der Waals surface area contributed by atoms with Crippen molar-refractivity contribution in [2.75, 3.05) is 6.54 Å². The third kappa shape index (κ3) is 4.96. The zero-order valence-electron chi connectivity index (χ0n) is 12.0. The van der Waals surface area contributed by atoms with Crippen molar-refractivity contribution >= 4 is 15.9 Å². The van der Waals surface area contributed by atoms with Gasteiger partial charge >= 0.3 is 0 Å². The summed E-state index contributed by atoms with van der Waals surface area (Å²) in [6.45, 7) is 3.28. The molecule has 0 saturated heterocycles. The molecule has 2 rings (SSSR count). The highest BCUT2D eigenvalue weighted by atomic mass is 79.9. The zero-order valence-corrected chi connectivity index (χ0v) is 13.5. The van der Waals surface area contributed by atoms with Gasteiger partial charge in [-0.25, -0.2) is 0 Å². The third-order valence-electron chi connectivity index (χ3n) is 4.12. The Labute approximate surface area is 125 Å². The van der Waals surface area contributed by atoms with Gasteiger partial charge < -0.3 is 9.73 Å². The molecule has 1 aromatic heterocycles. The van der Waals surface area contributed by atoms with Crippen LogP contribution in [0.15, 0.2) is 21.2 Å². The molecule has 0 spiro atoms. The Hall–Kier alpha value is -0.280. The fourth-order valence-electron chi connectivity index (χ4n) is 3.07. The molecule has 19 heavy (non-hydrogen) atoms. The van der Waals surface area contributed by atoms with Crippen molar-refractivity contribution in [1.82, 2.24) is 5.32 Å². The van der Waals surface area contributed by atoms with Gasteiger partial charge in [-0.15, -0.1) is 0 Å². The van der Waals surface area contributed by atoms with Crippen molar-refractivity contribution in [2.45, 2.75) is 64.3 Å². The number of furan rings is 1. The minimum atomic E-state index is 0.384. The maximum Gasteiger partial charge on any atom is 0.169 e. The van der Waals surface area contributed by atoms with Crippen molar-refractivity contribution in [1.29, 1.82) is 0 Å². The Morgan fingerprint density at radius 2 is 2.00 bits per heavy atom. The molecule has 1 saturated carbocycles. The highest BCUT2D eigenvalue weighted by Gasteiger charge is 2.21. The molecule has 1 unspecified atom stereocenters. The third-order valence-corrected chi connectivity index (χ3v) is 4.55. The average Bonchev–Trinajstić information content (AvgIpc) is 2.68. The lowest BCUT2D eigenvalue weighted by Crippen LogP contribution is -2.24. The van der Waals surface area contributed by atoms with Crippen LogP contribution in [-0.2, 0) is 0 Å². The van der Waals surface area contributed by atoms with E-state index in [4.69, 9.17) is 4.42 Å². The molecule has 1 aliphatic carbocycles. The van der Waals surface area contributed by atoms with Crippen LogP contribution in [0.3, 0.4) is 0 Å². The smallest absolute Gasteiger partial charge is 0.169 e. The highest BCUT2D eigenvalue weighted by molar-refractivity contribution is 9.10. The van der Waals surface area contributed by atoms with Gasteiger partial charge in [0.05, 0.1) is 6.04 Å². The van der Waals surface area contributed by atoms with Crippen molar-refractivity contribution in [3.63, 3.8) is 0 Å². The van der Waals surface area contributed by atoms with Gasteiger partial charge in [0, 0.05) is 0 Å². The van der Waals surface area contributed by atoms with Crippen molar-refractivity contribution in [3.05, 3.63) is 22.6 Å². The summed E-state index contributed by atoms with van der Waals surface area (Å²) in [5, 5.41) is 3.65. The summed E-state index contributed by atoms with van der Waals surface area (Å²) in [5.74, 6) is 1.95. The predicted octanol–water partition coefficient (Wildman–Crippen LogP) is 5.44. The van der Waals surface area contributed by atoms with E-state index in [2.05, 4.69) is 34.2 Å². The number of halogens is 1. The van der Waals surface area contributed by atoms with Crippen LogP contribution in [0.2, 0.25) is 0 Å². The quantitative estimate of drug-likeness (QED) is 0.703. The normalized spacial score (nSPS) is 19.3. The zero-order chi connectivity index (χ0) is 13.5. The van der Waals surface area contributed by atoms with Crippen molar-refractivity contribution in [2.24, 2.45) is 5.92 Å². The first-order valence-corrected chi connectivity index (χ1v) is 8.57. The number of rotatable bonds is 6. The Kier molecular flexibility index (Phi) is 6.45. The molecule has 0 aromatic carbocycles. The van der Waals surface area contributed by atoms with Gasteiger partial charge in [0.15, 0.2) is 4.67 Å². The molecule has 1 aromatic rings. The molecule has 0 bridgehead atoms. The van der Waals surface area contributed by atoms with Crippen LogP contribution >= 0.6 is 15.9 Å². The van der Waals surface area contributed by atoms with Crippen LogP contribution in [-0.4, -0.2) is 6.54 Å². The molecule has 1 aliphatic rings. The molecule has 2 nitrogen and oxygen atoms in total. The van der Waals surface area contributed by atoms with Gasteiger partial charge in [-0.05, 0) is 53.4 Å². The van der Waals surface area contributed by atoms with E-state index in [1.54, 1.807) is 0 Å². The number of nitrogens with one attached hydrogen (secondary N) is 1. The Morgan fingerprint density at radius 3 is 2.58 bits per heavy atom. The monoisotopic (exact) mass is 327 g/mol. The summed E-state index contributed by atoms with van der Waals surface area (Å²) in [5.41, 5.74) is 0. The van der Waals surface area contributed by atoms with Crippen molar-refractivity contribution < 1.29 is 4.42 Å². The first-order chi connectivity index (χ1) is 9.29. The summed E-state index contributed by atoms with van der Waals surface area (Å²) in [4.78, 5) is 0. The van der Waals surface area contributed by atoms with Crippen LogP contribution in [0, 0.1) is 5.92 Å². The van der Waals surface area contributed by atoms with E-state index < -0.39 is 0 Å². The molecule has 0 amide bonds. The SMILES string of the molecule is CCCNC(CC1CCCCCC1)c1ccc(Br)o1. The predicted molar refractivity (Wildman–Crippen MR) is 83.3 cm³/mol. The molecule has 108 valence electrons. The molecule has 1 N–H and O–H groups in total. The van der Waals surface area contributed by atoms with E-state index in [1.165, 1.54) is 51.4 Å². The van der Waals surface area contributed by atoms with Gasteiger partial charge in [0.2, 0.25) is 0 Å². The van der Waals surface area contributed by atoms with E-state index in [1.807, 2.05) is 6.07 Å². The van der Waals surface area contributed by atoms with Crippen LogP contribution < -0.4 is 5.32 Å². The first-order valence-electron chi connectivity index (χ1n) is 7.78. The van der Waals surface area contributed by atoms with Crippen molar-refractivity contribution in [3.8, 4) is 0 Å². The van der Waals surface area contributed by atoms with Gasteiger partial charge in [-0.2, -0.15) is 0 Å². The van der Waals surface area contributed by atoms with Gasteiger partial charge in [-0.1, -0.05) is 45.4 Å². The second kappa shape index (κ2) is 8.11. The summed E-state index contributed by atoms with van der Waals surface area (Å²) >= 11 is 3.41. The van der Waals surface area contributed by atoms with Gasteiger partial charge in [-0.3, -0.25) is 0 Å². The van der Waals surface area contributed by atoms with E-state index >= 15 is 0 Å². The van der Waals surface area contributed by atoms with Crippen LogP contribution in [0.1, 0.15) is 70.1 Å². The number of hydrogen-bond donors (Lipinski definition) is 1. The average molecular weight is 328 g/mol. The Morgan fingerprint density at radius 1 is 1.26 bits per heavy atom. The summed E-state index contributed by atoms with van der Waals surface area (Å²) in [6.07, 6.45) is 10.9. The molecule has 0 aliphatic heterocycles. The lowest BCUT2D eigenvalue weighted by molar-refractivity contribution is 0.316. The molecular weight excluding hydrogens is 302 g/mol. The Bertz CT molecular complexity index is 355. The van der Waals surface area contributed by atoms with Gasteiger partial charge in [0.25, 0.3) is 0 Å². The van der Waals surface area contributed by atoms with Crippen LogP contribution in [0.25, 0.3) is 0 Å². The van der Waals surface area contributed by atoms with E-state index in [9.17, 15) is 0 Å². The molecule has 1 atom stereocenters. The van der Waals surface area contributed by atoms with E-state index in [0.717, 1.165) is 22.9 Å². The first kappa shape index (κ1) is 15.1. The molecule has 1 heterocycles. The topological polar surface area (TPSA) is 25.2 Å². The fraction of sp³-hybridized carbons (Fsp3) is 0.750. The maximum absolute atomic E-state index is 5.77. The van der Waals surface area contributed by atoms with Crippen LogP contribution in [0.5, 0.6) is 0 Å². The second-order valence-corrected chi connectivity index (χ2v) is 6.52. The fourth-order valence-corrected chi connectivity index (χ4v) is 3.39. The van der Waals surface area contributed by atoms with E-state index in [0.29, 0.717) is 6.04 Å². The minimum Gasteiger partial charge on any atom is -0.453 e. The summed E-state index contributed by atoms with van der Waals surface area (Å²) in [6, 6.07) is 4.49. The molecule has 3 heteroatoms. The minimum absolute atomic E-state index is 0.384. The summed E-state index contributed by atoms with van der Waals surface area (Å²) < 4.78 is 6.61. The van der Waals surface area contributed by atoms with E-state index in [-0.39, 0.29) is 0 Å². The van der Waals surface area contributed by atoms with Gasteiger partial charge in [0.1, 0.15) is 5.76 Å². The lowest BCUT2D eigenvalue weighted by atomic mass is 9.91. The number of hydrogen-bond acceptors (Lipinski definition) is 2. The highest BCUT2D eigenvalue weighted by Crippen LogP contribution is 2.32. The lowest BCUT2D eigenvalue weighted by Gasteiger charge is -2.22. The maximum atomic E-state index is 5.77. The second-order valence-electron chi connectivity index (χ2n) is 5.74. The van der Waals surface area contributed by atoms with Crippen LogP contribution in [0.4, 0.5) is 0 Å². The largest absolute Gasteiger partial charge is 0.453 e. The standard InChI is InChI=1S/C16H26BrNO/c1-2-11-18-14(15-9-10-16(17)19-15)12-13-7-5-3-4-6-8-13/h9-10,13-14,18H,2-8,11-12H2,1H3. The Balaban J connectivity index is 1.96. The molecule has 1 fully saturated rings. The molecule has 0 radical (unpaired) electrons.